The Morgan fingerprint density at radius 1 is 1.25 bits per heavy atom. The fourth-order valence-electron chi connectivity index (χ4n) is 3.36. The lowest BCUT2D eigenvalue weighted by Crippen LogP contribution is -2.31. The molecule has 1 aromatic carbocycles. The Morgan fingerprint density at radius 2 is 2.00 bits per heavy atom. The molecule has 1 aliphatic heterocycles. The molecule has 0 spiro atoms. The van der Waals surface area contributed by atoms with E-state index in [-0.39, 0.29) is 30.4 Å². The minimum Gasteiger partial charge on any atom is -0.497 e. The number of hydrazone groups is 1. The van der Waals surface area contributed by atoms with Crippen molar-refractivity contribution >= 4 is 17.6 Å². The molecule has 146 valence electrons. The molecular weight excluding hydrogens is 360 g/mol. The summed E-state index contributed by atoms with van der Waals surface area (Å²) in [4.78, 5) is 24.7. The summed E-state index contributed by atoms with van der Waals surface area (Å²) < 4.78 is 15.9. The second-order valence-electron chi connectivity index (χ2n) is 7.18. The first-order chi connectivity index (χ1) is 13.6. The van der Waals surface area contributed by atoms with Crippen LogP contribution in [-0.2, 0) is 14.3 Å². The minimum absolute atomic E-state index is 0.0781. The fraction of sp³-hybridized carbons (Fsp3) is 0.381. The number of benzene rings is 1. The first-order valence-electron chi connectivity index (χ1n) is 9.31. The van der Waals surface area contributed by atoms with Gasteiger partial charge in [0.15, 0.2) is 6.61 Å². The Bertz CT molecular complexity index is 888. The predicted octanol–water partition coefficient (Wildman–Crippen LogP) is 3.17. The molecule has 2 aliphatic rings. The molecule has 7 heteroatoms. The fourth-order valence-corrected chi connectivity index (χ4v) is 3.36. The Kier molecular flexibility index (Phi) is 4.90. The van der Waals surface area contributed by atoms with Gasteiger partial charge in [-0.3, -0.25) is 9.59 Å². The van der Waals surface area contributed by atoms with Gasteiger partial charge in [0, 0.05) is 6.42 Å². The molecule has 7 nitrogen and oxygen atoms in total. The third kappa shape index (κ3) is 3.65. The van der Waals surface area contributed by atoms with Gasteiger partial charge < -0.3 is 13.9 Å². The van der Waals surface area contributed by atoms with Gasteiger partial charge in [-0.25, -0.2) is 5.01 Å². The highest BCUT2D eigenvalue weighted by Gasteiger charge is 2.41. The summed E-state index contributed by atoms with van der Waals surface area (Å²) in [5.74, 6) is 0.970. The van der Waals surface area contributed by atoms with Crippen LogP contribution in [0.25, 0.3) is 0 Å². The Balaban J connectivity index is 1.51. The molecule has 0 saturated heterocycles. The van der Waals surface area contributed by atoms with Crippen molar-refractivity contribution in [2.45, 2.75) is 25.8 Å². The van der Waals surface area contributed by atoms with Gasteiger partial charge in [-0.2, -0.15) is 5.10 Å². The molecule has 3 unspecified atom stereocenters. The van der Waals surface area contributed by atoms with E-state index in [1.807, 2.05) is 37.3 Å². The third-order valence-corrected chi connectivity index (χ3v) is 5.21. The van der Waals surface area contributed by atoms with Gasteiger partial charge in [0.2, 0.25) is 0 Å². The summed E-state index contributed by atoms with van der Waals surface area (Å²) in [7, 11) is 1.61. The van der Waals surface area contributed by atoms with Gasteiger partial charge in [0.1, 0.15) is 17.6 Å². The zero-order valence-electron chi connectivity index (χ0n) is 15.8. The van der Waals surface area contributed by atoms with E-state index >= 15 is 0 Å². The van der Waals surface area contributed by atoms with Crippen LogP contribution in [0.15, 0.2) is 52.2 Å². The number of methoxy groups -OCH3 is 1. The van der Waals surface area contributed by atoms with E-state index in [0.717, 1.165) is 23.4 Å². The number of rotatable bonds is 6. The van der Waals surface area contributed by atoms with Crippen LogP contribution >= 0.6 is 0 Å². The Labute approximate surface area is 162 Å². The first-order valence-corrected chi connectivity index (χ1v) is 9.31. The lowest BCUT2D eigenvalue weighted by molar-refractivity contribution is -0.154. The SMILES string of the molecule is COc1ccc(C2=NN(C(=O)COC(=O)C3CC3C)C(c3ccco3)C2)cc1. The molecule has 0 bridgehead atoms. The van der Waals surface area contributed by atoms with Crippen molar-refractivity contribution in [1.29, 1.82) is 0 Å². The van der Waals surface area contributed by atoms with E-state index in [9.17, 15) is 9.59 Å². The van der Waals surface area contributed by atoms with Crippen LogP contribution in [0.5, 0.6) is 5.75 Å². The monoisotopic (exact) mass is 382 g/mol. The van der Waals surface area contributed by atoms with Crippen LogP contribution in [0, 0.1) is 11.8 Å². The van der Waals surface area contributed by atoms with E-state index in [4.69, 9.17) is 13.9 Å². The highest BCUT2D eigenvalue weighted by Crippen LogP contribution is 2.39. The summed E-state index contributed by atoms with van der Waals surface area (Å²) in [6.07, 6.45) is 2.91. The maximum absolute atomic E-state index is 12.7. The van der Waals surface area contributed by atoms with Gasteiger partial charge in [-0.1, -0.05) is 6.92 Å². The summed E-state index contributed by atoms with van der Waals surface area (Å²) in [6, 6.07) is 10.7. The Morgan fingerprint density at radius 3 is 2.61 bits per heavy atom. The summed E-state index contributed by atoms with van der Waals surface area (Å²) in [5.41, 5.74) is 1.66. The lowest BCUT2D eigenvalue weighted by Gasteiger charge is -2.19. The largest absolute Gasteiger partial charge is 0.497 e. The summed E-state index contributed by atoms with van der Waals surface area (Å²) in [6.45, 7) is 1.67. The van der Waals surface area contributed by atoms with Crippen LogP contribution in [0.1, 0.15) is 37.1 Å². The van der Waals surface area contributed by atoms with Crippen molar-refractivity contribution in [1.82, 2.24) is 5.01 Å². The van der Waals surface area contributed by atoms with Crippen LogP contribution in [0.3, 0.4) is 0 Å². The smallest absolute Gasteiger partial charge is 0.309 e. The second-order valence-corrected chi connectivity index (χ2v) is 7.18. The number of ether oxygens (including phenoxy) is 2. The molecule has 1 saturated carbocycles. The number of hydrogen-bond acceptors (Lipinski definition) is 6. The van der Waals surface area contributed by atoms with Gasteiger partial charge in [-0.05, 0) is 54.3 Å². The van der Waals surface area contributed by atoms with Gasteiger partial charge in [0.25, 0.3) is 5.91 Å². The number of carbonyl (C=O) groups is 2. The molecule has 4 rings (SSSR count). The number of furan rings is 1. The lowest BCUT2D eigenvalue weighted by atomic mass is 10.0. The minimum atomic E-state index is -0.369. The van der Waals surface area contributed by atoms with E-state index < -0.39 is 0 Å². The van der Waals surface area contributed by atoms with E-state index in [1.165, 1.54) is 5.01 Å². The van der Waals surface area contributed by atoms with Crippen LogP contribution in [-0.4, -0.2) is 36.3 Å². The number of carbonyl (C=O) groups excluding carboxylic acids is 2. The highest BCUT2D eigenvalue weighted by atomic mass is 16.5. The molecule has 2 heterocycles. The predicted molar refractivity (Wildman–Crippen MR) is 101 cm³/mol. The normalized spacial score (nSPS) is 23.3. The van der Waals surface area contributed by atoms with E-state index in [0.29, 0.717) is 18.1 Å². The molecule has 1 fully saturated rings. The molecule has 2 aromatic rings. The number of esters is 1. The number of nitrogens with zero attached hydrogens (tertiary/aromatic N) is 2. The molecule has 3 atom stereocenters. The molecule has 0 radical (unpaired) electrons. The second kappa shape index (κ2) is 7.50. The highest BCUT2D eigenvalue weighted by molar-refractivity contribution is 6.03. The number of amides is 1. The average Bonchev–Trinajstić information content (AvgIpc) is 3.12. The topological polar surface area (TPSA) is 81.3 Å². The molecule has 1 aromatic heterocycles. The van der Waals surface area contributed by atoms with Gasteiger partial charge in [0.05, 0.1) is 25.0 Å². The zero-order chi connectivity index (χ0) is 19.7. The summed E-state index contributed by atoms with van der Waals surface area (Å²) in [5, 5.41) is 5.88. The molecule has 28 heavy (non-hydrogen) atoms. The van der Waals surface area contributed by atoms with Crippen molar-refractivity contribution in [2.24, 2.45) is 16.9 Å². The van der Waals surface area contributed by atoms with E-state index in [2.05, 4.69) is 5.10 Å². The van der Waals surface area contributed by atoms with Crippen LogP contribution in [0.4, 0.5) is 0 Å². The van der Waals surface area contributed by atoms with Crippen LogP contribution in [0.2, 0.25) is 0 Å². The molecule has 1 aliphatic carbocycles. The number of hydrogen-bond donors (Lipinski definition) is 0. The quantitative estimate of drug-likeness (QED) is 0.717. The Hall–Kier alpha value is -3.09. The van der Waals surface area contributed by atoms with Crippen molar-refractivity contribution in [3.8, 4) is 5.75 Å². The molecule has 0 N–H and O–H groups in total. The van der Waals surface area contributed by atoms with E-state index in [1.54, 1.807) is 19.4 Å². The molecule has 1 amide bonds. The van der Waals surface area contributed by atoms with Crippen LogP contribution < -0.4 is 4.74 Å². The maximum atomic E-state index is 12.7. The maximum Gasteiger partial charge on any atom is 0.309 e. The van der Waals surface area contributed by atoms with Gasteiger partial charge >= 0.3 is 5.97 Å². The third-order valence-electron chi connectivity index (χ3n) is 5.21. The van der Waals surface area contributed by atoms with Gasteiger partial charge in [-0.15, -0.1) is 0 Å². The molecular formula is C21H22N2O5. The van der Waals surface area contributed by atoms with Crippen molar-refractivity contribution in [3.63, 3.8) is 0 Å². The van der Waals surface area contributed by atoms with Crippen molar-refractivity contribution in [3.05, 3.63) is 54.0 Å². The summed E-state index contributed by atoms with van der Waals surface area (Å²) >= 11 is 0. The standard InChI is InChI=1S/C21H22N2O5/c1-13-10-16(13)21(25)28-12-20(24)23-18(19-4-3-9-27-19)11-17(22-23)14-5-7-15(26-2)8-6-14/h3-9,13,16,18H,10-12H2,1-2H3. The van der Waals surface area contributed by atoms with Crippen molar-refractivity contribution < 1.29 is 23.5 Å². The zero-order valence-corrected chi connectivity index (χ0v) is 15.8. The van der Waals surface area contributed by atoms with Crippen molar-refractivity contribution in [2.75, 3.05) is 13.7 Å². The first kappa shape index (κ1) is 18.3. The average molecular weight is 382 g/mol.